The van der Waals surface area contributed by atoms with Crippen LogP contribution in [0.3, 0.4) is 0 Å². The highest BCUT2D eigenvalue weighted by Crippen LogP contribution is 2.41. The highest BCUT2D eigenvalue weighted by molar-refractivity contribution is 7.43. The zero-order chi connectivity index (χ0) is 21.3. The van der Waals surface area contributed by atoms with Gasteiger partial charge in [0.15, 0.2) is 9.60 Å². The SMILES string of the molecule is Cc1c[s+](-c2ccc(C(=O)OC(C)(C)c3ccc(C#N)cc3)cc2)c2ccccc12. The van der Waals surface area contributed by atoms with Crippen LogP contribution < -0.4 is 0 Å². The van der Waals surface area contributed by atoms with Gasteiger partial charge in [0.1, 0.15) is 11.0 Å². The Hall–Kier alpha value is -3.42. The van der Waals surface area contributed by atoms with Gasteiger partial charge in [0.25, 0.3) is 0 Å². The van der Waals surface area contributed by atoms with Crippen molar-refractivity contribution in [2.45, 2.75) is 26.4 Å². The van der Waals surface area contributed by atoms with Gasteiger partial charge < -0.3 is 4.74 Å². The van der Waals surface area contributed by atoms with Crippen LogP contribution in [-0.2, 0) is 10.3 Å². The summed E-state index contributed by atoms with van der Waals surface area (Å²) in [6, 6.07) is 25.4. The number of hydrogen-bond donors (Lipinski definition) is 0. The predicted molar refractivity (Wildman–Crippen MR) is 122 cm³/mol. The average Bonchev–Trinajstić information content (AvgIpc) is 3.10. The molecule has 30 heavy (non-hydrogen) atoms. The summed E-state index contributed by atoms with van der Waals surface area (Å²) in [5.74, 6) is -0.363. The first-order valence-corrected chi connectivity index (χ1v) is 11.0. The third kappa shape index (κ3) is 3.72. The first-order valence-electron chi connectivity index (χ1n) is 9.74. The fourth-order valence-corrected chi connectivity index (χ4v) is 5.63. The summed E-state index contributed by atoms with van der Waals surface area (Å²) in [5.41, 5.74) is 2.44. The second-order valence-electron chi connectivity index (χ2n) is 7.75. The Bertz CT molecular complexity index is 1260. The molecule has 0 saturated heterocycles. The summed E-state index contributed by atoms with van der Waals surface area (Å²) >= 11 is 0. The van der Waals surface area contributed by atoms with Crippen molar-refractivity contribution in [1.29, 1.82) is 5.26 Å². The highest BCUT2D eigenvalue weighted by atomic mass is 32.2. The van der Waals surface area contributed by atoms with Gasteiger partial charge in [-0.3, -0.25) is 0 Å². The number of fused-ring (bicyclic) bond motifs is 1. The molecule has 0 N–H and O–H groups in total. The lowest BCUT2D eigenvalue weighted by Crippen LogP contribution is -2.25. The molecule has 0 fully saturated rings. The number of benzene rings is 3. The standard InChI is InChI=1S/C26H22NO2S/c1-18-17-30(24-7-5-4-6-23(18)24)22-14-10-20(11-15-22)25(28)29-26(2,3)21-12-8-19(16-27)9-13-21/h4-15,17H,1-3H3/q+1. The maximum atomic E-state index is 12.8. The van der Waals surface area contributed by atoms with Crippen LogP contribution in [0.5, 0.6) is 0 Å². The molecule has 0 aliphatic rings. The predicted octanol–water partition coefficient (Wildman–Crippen LogP) is 6.85. The van der Waals surface area contributed by atoms with E-state index in [9.17, 15) is 4.79 Å². The van der Waals surface area contributed by atoms with Crippen molar-refractivity contribution in [2.24, 2.45) is 0 Å². The summed E-state index contributed by atoms with van der Waals surface area (Å²) in [6.45, 7) is 5.85. The van der Waals surface area contributed by atoms with E-state index < -0.39 is 5.60 Å². The number of aryl methyl sites for hydroxylation is 1. The van der Waals surface area contributed by atoms with Gasteiger partial charge in [-0.1, -0.05) is 24.3 Å². The summed E-state index contributed by atoms with van der Waals surface area (Å²) in [6.07, 6.45) is 0. The molecule has 1 heterocycles. The Labute approximate surface area is 179 Å². The number of thiophene rings is 1. The zero-order valence-electron chi connectivity index (χ0n) is 17.2. The van der Waals surface area contributed by atoms with E-state index in [1.807, 2.05) is 50.2 Å². The number of nitrogens with zero attached hydrogens (tertiary/aromatic N) is 1. The van der Waals surface area contributed by atoms with Gasteiger partial charge in [-0.25, -0.2) is 4.79 Å². The van der Waals surface area contributed by atoms with Crippen LogP contribution in [-0.4, -0.2) is 5.97 Å². The quantitative estimate of drug-likeness (QED) is 0.272. The molecular formula is C26H22NO2S+. The molecule has 0 bridgehead atoms. The molecule has 0 aliphatic heterocycles. The lowest BCUT2D eigenvalue weighted by Gasteiger charge is -2.25. The molecule has 3 aromatic carbocycles. The molecule has 0 aliphatic carbocycles. The summed E-state index contributed by atoms with van der Waals surface area (Å²) in [5, 5.41) is 12.6. The number of esters is 1. The first-order chi connectivity index (χ1) is 14.4. The van der Waals surface area contributed by atoms with Gasteiger partial charge in [0, 0.05) is 21.4 Å². The van der Waals surface area contributed by atoms with E-state index in [-0.39, 0.29) is 16.4 Å². The number of rotatable bonds is 4. The molecule has 4 rings (SSSR count). The van der Waals surface area contributed by atoms with E-state index in [2.05, 4.69) is 42.6 Å². The largest absolute Gasteiger partial charge is 0.451 e. The van der Waals surface area contributed by atoms with Gasteiger partial charge >= 0.3 is 5.97 Å². The van der Waals surface area contributed by atoms with Crippen molar-refractivity contribution in [3.05, 3.63) is 100 Å². The molecule has 3 nitrogen and oxygen atoms in total. The van der Waals surface area contributed by atoms with E-state index in [1.165, 1.54) is 20.5 Å². The normalized spacial score (nSPS) is 11.9. The van der Waals surface area contributed by atoms with Crippen molar-refractivity contribution in [3.63, 3.8) is 0 Å². The molecule has 148 valence electrons. The van der Waals surface area contributed by atoms with Crippen molar-refractivity contribution < 1.29 is 9.53 Å². The van der Waals surface area contributed by atoms with Gasteiger partial charge in [0.2, 0.25) is 0 Å². The molecule has 0 saturated carbocycles. The molecule has 1 atom stereocenters. The maximum absolute atomic E-state index is 12.8. The van der Waals surface area contributed by atoms with E-state index in [1.54, 1.807) is 12.1 Å². The fraction of sp³-hybridized carbons (Fsp3) is 0.154. The van der Waals surface area contributed by atoms with E-state index >= 15 is 0 Å². The van der Waals surface area contributed by atoms with E-state index in [0.717, 1.165) is 5.56 Å². The van der Waals surface area contributed by atoms with Crippen molar-refractivity contribution >= 4 is 26.5 Å². The number of carbonyl (C=O) groups is 1. The van der Waals surface area contributed by atoms with Crippen LogP contribution >= 0.6 is 10.5 Å². The highest BCUT2D eigenvalue weighted by Gasteiger charge is 2.26. The minimum Gasteiger partial charge on any atom is -0.451 e. The summed E-state index contributed by atoms with van der Waals surface area (Å²) in [7, 11) is -0.110. The summed E-state index contributed by atoms with van der Waals surface area (Å²) in [4.78, 5) is 13.9. The summed E-state index contributed by atoms with van der Waals surface area (Å²) < 4.78 is 7.12. The number of nitriles is 1. The van der Waals surface area contributed by atoms with Crippen LogP contribution in [0.25, 0.3) is 15.0 Å². The molecule has 0 radical (unpaired) electrons. The number of carbonyl (C=O) groups excluding carboxylic acids is 1. The van der Waals surface area contributed by atoms with Gasteiger partial charge in [0.05, 0.1) is 17.2 Å². The first kappa shape index (κ1) is 19.9. The molecule has 4 aromatic rings. The Morgan fingerprint density at radius 3 is 2.30 bits per heavy atom. The van der Waals surface area contributed by atoms with Gasteiger partial charge in [-0.2, -0.15) is 5.26 Å². The maximum Gasteiger partial charge on any atom is 0.338 e. The number of hydrogen-bond acceptors (Lipinski definition) is 3. The Balaban J connectivity index is 1.56. The minimum atomic E-state index is -0.796. The number of ether oxygens (including phenoxy) is 1. The third-order valence-electron chi connectivity index (χ3n) is 5.24. The molecule has 1 aromatic heterocycles. The smallest absolute Gasteiger partial charge is 0.338 e. The zero-order valence-corrected chi connectivity index (χ0v) is 18.0. The molecular weight excluding hydrogens is 390 g/mol. The molecule has 0 amide bonds. The van der Waals surface area contributed by atoms with Crippen LogP contribution in [0.2, 0.25) is 0 Å². The van der Waals surface area contributed by atoms with Crippen molar-refractivity contribution in [3.8, 4) is 11.0 Å². The fourth-order valence-electron chi connectivity index (χ4n) is 3.52. The average molecular weight is 413 g/mol. The molecule has 4 heteroatoms. The van der Waals surface area contributed by atoms with Crippen molar-refractivity contribution in [1.82, 2.24) is 0 Å². The van der Waals surface area contributed by atoms with Gasteiger partial charge in [-0.15, -0.1) is 0 Å². The van der Waals surface area contributed by atoms with Crippen LogP contribution in [0.1, 0.15) is 40.9 Å². The van der Waals surface area contributed by atoms with E-state index in [4.69, 9.17) is 10.00 Å². The minimum absolute atomic E-state index is 0.110. The molecule has 0 spiro atoms. The lowest BCUT2D eigenvalue weighted by molar-refractivity contribution is -0.00312. The van der Waals surface area contributed by atoms with Crippen LogP contribution in [0.15, 0.2) is 78.2 Å². The molecule has 1 unspecified atom stereocenters. The van der Waals surface area contributed by atoms with Crippen molar-refractivity contribution in [2.75, 3.05) is 0 Å². The lowest BCUT2D eigenvalue weighted by atomic mass is 9.97. The van der Waals surface area contributed by atoms with Gasteiger partial charge in [-0.05, 0) is 74.9 Å². The third-order valence-corrected chi connectivity index (χ3v) is 7.44. The Morgan fingerprint density at radius 1 is 0.967 bits per heavy atom. The monoisotopic (exact) mass is 412 g/mol. The topological polar surface area (TPSA) is 50.1 Å². The second kappa shape index (κ2) is 7.78. The Kier molecular flexibility index (Phi) is 5.15. The van der Waals surface area contributed by atoms with Crippen LogP contribution in [0.4, 0.5) is 0 Å². The van der Waals surface area contributed by atoms with E-state index in [0.29, 0.717) is 11.1 Å². The Morgan fingerprint density at radius 2 is 1.63 bits per heavy atom. The second-order valence-corrected chi connectivity index (χ2v) is 9.57. The van der Waals surface area contributed by atoms with Crippen LogP contribution in [0, 0.1) is 18.3 Å².